The van der Waals surface area contributed by atoms with Gasteiger partial charge >= 0.3 is 0 Å². The van der Waals surface area contributed by atoms with E-state index in [2.05, 4.69) is 16.0 Å². The van der Waals surface area contributed by atoms with Gasteiger partial charge in [-0.2, -0.15) is 0 Å². The first-order chi connectivity index (χ1) is 12.1. The molecule has 0 unspecified atom stereocenters. The molecule has 3 N–H and O–H groups in total. The van der Waals surface area contributed by atoms with Gasteiger partial charge in [-0.3, -0.25) is 9.59 Å². The number of anilines is 1. The number of amides is 2. The van der Waals surface area contributed by atoms with E-state index >= 15 is 0 Å². The summed E-state index contributed by atoms with van der Waals surface area (Å²) in [7, 11) is 1.85. The van der Waals surface area contributed by atoms with E-state index in [0.29, 0.717) is 24.2 Å². The fourth-order valence-corrected chi connectivity index (χ4v) is 2.28. The van der Waals surface area contributed by atoms with Crippen molar-refractivity contribution in [2.24, 2.45) is 0 Å². The van der Waals surface area contributed by atoms with Gasteiger partial charge in [-0.05, 0) is 62.0 Å². The van der Waals surface area contributed by atoms with Crippen molar-refractivity contribution in [3.05, 3.63) is 65.5 Å². The normalized spacial score (nSPS) is 9.92. The molecule has 2 aromatic rings. The standard InChI is InChI=1S/C19H22FN3O2.ClH/c1-21-11-3-6-18(24)22-13-14-4-2-5-17(12-14)23-19(25)15-7-9-16(20)10-8-15;/h2,4-5,7-10,12,21H,3,6,11,13H2,1H3,(H,22,24)(H,23,25);1H. The van der Waals surface area contributed by atoms with E-state index in [1.54, 1.807) is 12.1 Å². The maximum atomic E-state index is 12.9. The molecule has 0 spiro atoms. The lowest BCUT2D eigenvalue weighted by molar-refractivity contribution is -0.121. The van der Waals surface area contributed by atoms with Crippen molar-refractivity contribution in [1.29, 1.82) is 0 Å². The van der Waals surface area contributed by atoms with Crippen LogP contribution in [0.4, 0.5) is 10.1 Å². The van der Waals surface area contributed by atoms with Crippen LogP contribution in [-0.4, -0.2) is 25.4 Å². The Bertz CT molecular complexity index is 723. The van der Waals surface area contributed by atoms with E-state index in [1.165, 1.54) is 24.3 Å². The van der Waals surface area contributed by atoms with Gasteiger partial charge in [-0.15, -0.1) is 12.4 Å². The second-order valence-electron chi connectivity index (χ2n) is 5.65. The van der Waals surface area contributed by atoms with Crippen LogP contribution in [-0.2, 0) is 11.3 Å². The van der Waals surface area contributed by atoms with Crippen LogP contribution >= 0.6 is 12.4 Å². The zero-order valence-corrected chi connectivity index (χ0v) is 15.4. The highest BCUT2D eigenvalue weighted by Crippen LogP contribution is 2.13. The zero-order chi connectivity index (χ0) is 18.1. The molecule has 0 fully saturated rings. The molecule has 0 bridgehead atoms. The summed E-state index contributed by atoms with van der Waals surface area (Å²) in [5.41, 5.74) is 1.89. The summed E-state index contributed by atoms with van der Waals surface area (Å²) in [6, 6.07) is 12.6. The van der Waals surface area contributed by atoms with E-state index < -0.39 is 0 Å². The van der Waals surface area contributed by atoms with Crippen LogP contribution in [0.5, 0.6) is 0 Å². The minimum atomic E-state index is -0.385. The minimum Gasteiger partial charge on any atom is -0.352 e. The summed E-state index contributed by atoms with van der Waals surface area (Å²) in [6.07, 6.45) is 1.26. The molecule has 0 saturated heterocycles. The average Bonchev–Trinajstić information content (AvgIpc) is 2.61. The SMILES string of the molecule is CNCCCC(=O)NCc1cccc(NC(=O)c2ccc(F)cc2)c1.Cl. The van der Waals surface area contributed by atoms with E-state index in [9.17, 15) is 14.0 Å². The van der Waals surface area contributed by atoms with Crippen molar-refractivity contribution < 1.29 is 14.0 Å². The Labute approximate surface area is 158 Å². The minimum absolute atomic E-state index is 0. The Morgan fingerprint density at radius 3 is 2.50 bits per heavy atom. The van der Waals surface area contributed by atoms with Crippen LogP contribution in [0.3, 0.4) is 0 Å². The molecule has 0 atom stereocenters. The van der Waals surface area contributed by atoms with E-state index in [-0.39, 0.29) is 30.0 Å². The number of hydrogen-bond donors (Lipinski definition) is 3. The van der Waals surface area contributed by atoms with Crippen molar-refractivity contribution in [3.63, 3.8) is 0 Å². The molecular weight excluding hydrogens is 357 g/mol. The van der Waals surface area contributed by atoms with E-state index in [0.717, 1.165) is 18.5 Å². The highest BCUT2D eigenvalue weighted by atomic mass is 35.5. The summed E-state index contributed by atoms with van der Waals surface area (Å²) in [4.78, 5) is 23.9. The Hall–Kier alpha value is -2.44. The lowest BCUT2D eigenvalue weighted by atomic mass is 10.1. The Balaban J connectivity index is 0.00000338. The summed E-state index contributed by atoms with van der Waals surface area (Å²) in [6.45, 7) is 1.21. The van der Waals surface area contributed by atoms with Crippen LogP contribution in [0.15, 0.2) is 48.5 Å². The van der Waals surface area contributed by atoms with Gasteiger partial charge in [-0.25, -0.2) is 4.39 Å². The molecule has 0 aliphatic rings. The van der Waals surface area contributed by atoms with Crippen molar-refractivity contribution in [1.82, 2.24) is 10.6 Å². The van der Waals surface area contributed by atoms with Gasteiger partial charge in [0.1, 0.15) is 5.82 Å². The predicted octanol–water partition coefficient (Wildman–Crippen LogP) is 3.12. The van der Waals surface area contributed by atoms with Gasteiger partial charge in [0, 0.05) is 24.2 Å². The highest BCUT2D eigenvalue weighted by Gasteiger charge is 2.07. The number of rotatable bonds is 8. The molecule has 140 valence electrons. The molecule has 0 heterocycles. The molecule has 7 heteroatoms. The summed E-state index contributed by atoms with van der Waals surface area (Å²) >= 11 is 0. The molecule has 0 aromatic heterocycles. The third-order valence-electron chi connectivity index (χ3n) is 3.61. The number of carbonyl (C=O) groups is 2. The number of nitrogens with one attached hydrogen (secondary N) is 3. The maximum absolute atomic E-state index is 12.9. The first kappa shape index (κ1) is 21.6. The molecule has 0 aliphatic heterocycles. The monoisotopic (exact) mass is 379 g/mol. The van der Waals surface area contributed by atoms with Crippen LogP contribution in [0.1, 0.15) is 28.8 Å². The summed E-state index contributed by atoms with van der Waals surface area (Å²) in [5, 5.41) is 8.62. The maximum Gasteiger partial charge on any atom is 0.255 e. The number of halogens is 2. The molecule has 0 saturated carbocycles. The van der Waals surface area contributed by atoms with Gasteiger partial charge in [0.15, 0.2) is 0 Å². The molecule has 5 nitrogen and oxygen atoms in total. The highest BCUT2D eigenvalue weighted by molar-refractivity contribution is 6.04. The Morgan fingerprint density at radius 1 is 1.08 bits per heavy atom. The quantitative estimate of drug-likeness (QED) is 0.617. The van der Waals surface area contributed by atoms with Gasteiger partial charge in [0.2, 0.25) is 5.91 Å². The molecular formula is C19H23ClFN3O2. The van der Waals surface area contributed by atoms with Crippen LogP contribution in [0.25, 0.3) is 0 Å². The number of hydrogen-bond acceptors (Lipinski definition) is 3. The molecule has 26 heavy (non-hydrogen) atoms. The van der Waals surface area contributed by atoms with Crippen LogP contribution < -0.4 is 16.0 Å². The summed E-state index contributed by atoms with van der Waals surface area (Å²) in [5.74, 6) is -0.701. The second-order valence-corrected chi connectivity index (χ2v) is 5.65. The molecule has 0 radical (unpaired) electrons. The van der Waals surface area contributed by atoms with Crippen molar-refractivity contribution in [2.75, 3.05) is 18.9 Å². The molecule has 0 aliphatic carbocycles. The summed E-state index contributed by atoms with van der Waals surface area (Å²) < 4.78 is 12.9. The third kappa shape index (κ3) is 7.21. The Morgan fingerprint density at radius 2 is 1.81 bits per heavy atom. The first-order valence-corrected chi connectivity index (χ1v) is 8.15. The van der Waals surface area contributed by atoms with E-state index in [1.807, 2.05) is 19.2 Å². The van der Waals surface area contributed by atoms with Gasteiger partial charge in [-0.1, -0.05) is 12.1 Å². The van der Waals surface area contributed by atoms with Crippen LogP contribution in [0, 0.1) is 5.82 Å². The van der Waals surface area contributed by atoms with Gasteiger partial charge in [0.05, 0.1) is 0 Å². The fourth-order valence-electron chi connectivity index (χ4n) is 2.28. The third-order valence-corrected chi connectivity index (χ3v) is 3.61. The smallest absolute Gasteiger partial charge is 0.255 e. The number of carbonyl (C=O) groups excluding carboxylic acids is 2. The van der Waals surface area contributed by atoms with Crippen molar-refractivity contribution >= 4 is 29.9 Å². The zero-order valence-electron chi connectivity index (χ0n) is 14.5. The van der Waals surface area contributed by atoms with Gasteiger partial charge < -0.3 is 16.0 Å². The lowest BCUT2D eigenvalue weighted by Gasteiger charge is -2.09. The molecule has 2 aromatic carbocycles. The first-order valence-electron chi connectivity index (χ1n) is 8.15. The largest absolute Gasteiger partial charge is 0.352 e. The van der Waals surface area contributed by atoms with Gasteiger partial charge in [0.25, 0.3) is 5.91 Å². The number of benzene rings is 2. The molecule has 2 rings (SSSR count). The van der Waals surface area contributed by atoms with E-state index in [4.69, 9.17) is 0 Å². The molecule has 2 amide bonds. The van der Waals surface area contributed by atoms with Crippen molar-refractivity contribution in [3.8, 4) is 0 Å². The Kier molecular flexibility index (Phi) is 9.33. The van der Waals surface area contributed by atoms with Crippen LogP contribution in [0.2, 0.25) is 0 Å². The average molecular weight is 380 g/mol. The fraction of sp³-hybridized carbons (Fsp3) is 0.263. The topological polar surface area (TPSA) is 70.2 Å². The lowest BCUT2D eigenvalue weighted by Crippen LogP contribution is -2.23. The predicted molar refractivity (Wildman–Crippen MR) is 103 cm³/mol. The van der Waals surface area contributed by atoms with Crippen molar-refractivity contribution in [2.45, 2.75) is 19.4 Å². The second kappa shape index (κ2) is 11.2.